The Morgan fingerprint density at radius 3 is 1.97 bits per heavy atom. The smallest absolute Gasteiger partial charge is 0.0929 e. The van der Waals surface area contributed by atoms with Crippen molar-refractivity contribution in [3.8, 4) is 11.3 Å². The summed E-state index contributed by atoms with van der Waals surface area (Å²) in [7, 11) is 0. The minimum atomic E-state index is 0.897. The van der Waals surface area contributed by atoms with Gasteiger partial charge in [-0.25, -0.2) is 0 Å². The topological polar surface area (TPSA) is 25.8 Å². The van der Waals surface area contributed by atoms with E-state index in [-0.39, 0.29) is 0 Å². The molecule has 0 N–H and O–H groups in total. The number of aromatic nitrogens is 2. The Morgan fingerprint density at radius 2 is 1.32 bits per heavy atom. The van der Waals surface area contributed by atoms with Gasteiger partial charge in [-0.05, 0) is 55.2 Å². The van der Waals surface area contributed by atoms with Crippen molar-refractivity contribution in [2.45, 2.75) is 110 Å². The highest BCUT2D eigenvalue weighted by Crippen LogP contribution is 2.34. The fourth-order valence-electron chi connectivity index (χ4n) is 5.08. The van der Waals surface area contributed by atoms with Gasteiger partial charge in [0.2, 0.25) is 0 Å². The van der Waals surface area contributed by atoms with Gasteiger partial charge in [0, 0.05) is 5.56 Å². The first-order valence-electron chi connectivity index (χ1n) is 13.2. The lowest BCUT2D eigenvalue weighted by Crippen LogP contribution is -2.15. The van der Waals surface area contributed by atoms with Crippen LogP contribution in [0.2, 0.25) is 0 Å². The number of rotatable bonds is 13. The minimum absolute atomic E-state index is 0.897. The molecule has 2 heteroatoms. The van der Waals surface area contributed by atoms with Crippen LogP contribution in [0.25, 0.3) is 11.3 Å². The highest BCUT2D eigenvalue weighted by atomic mass is 15.1. The molecule has 0 amide bonds. The molecule has 1 aliphatic rings. The zero-order valence-electron chi connectivity index (χ0n) is 20.1. The second kappa shape index (κ2) is 13.7. The summed E-state index contributed by atoms with van der Waals surface area (Å²) in [5, 5.41) is 9.08. The molecule has 0 unspecified atom stereocenters. The summed E-state index contributed by atoms with van der Waals surface area (Å²) in [5.74, 6) is 1.90. The third-order valence-corrected chi connectivity index (χ3v) is 7.28. The van der Waals surface area contributed by atoms with Crippen LogP contribution in [0, 0.1) is 11.8 Å². The molecule has 2 nitrogen and oxygen atoms in total. The van der Waals surface area contributed by atoms with Crippen LogP contribution in [0.15, 0.2) is 36.4 Å². The molecule has 0 saturated heterocycles. The van der Waals surface area contributed by atoms with E-state index in [0.29, 0.717) is 0 Å². The summed E-state index contributed by atoms with van der Waals surface area (Å²) in [5.41, 5.74) is 4.77. The zero-order valence-corrected chi connectivity index (χ0v) is 20.1. The number of hydrogen-bond acceptors (Lipinski definition) is 2. The molecule has 2 aromatic rings. The Labute approximate surface area is 191 Å². The van der Waals surface area contributed by atoms with Crippen LogP contribution >= 0.6 is 0 Å². The van der Waals surface area contributed by atoms with Gasteiger partial charge in [0.25, 0.3) is 0 Å². The highest BCUT2D eigenvalue weighted by molar-refractivity contribution is 5.58. The minimum Gasteiger partial charge on any atom is -0.155 e. The average Bonchev–Trinajstić information content (AvgIpc) is 2.83. The van der Waals surface area contributed by atoms with Crippen molar-refractivity contribution >= 4 is 0 Å². The van der Waals surface area contributed by atoms with Gasteiger partial charge in [-0.2, -0.15) is 10.2 Å². The number of nitrogens with zero attached hydrogens (tertiary/aromatic N) is 2. The van der Waals surface area contributed by atoms with Crippen LogP contribution in [-0.2, 0) is 12.8 Å². The van der Waals surface area contributed by atoms with Crippen LogP contribution < -0.4 is 0 Å². The SMILES string of the molecule is CCCCCCCc1ccc(-c2ccc(CCC3CCC(CCCC)CC3)nn2)cc1. The molecule has 1 aliphatic carbocycles. The van der Waals surface area contributed by atoms with Crippen molar-refractivity contribution in [3.05, 3.63) is 47.7 Å². The maximum atomic E-state index is 4.55. The maximum Gasteiger partial charge on any atom is 0.0929 e. The fourth-order valence-corrected chi connectivity index (χ4v) is 5.08. The van der Waals surface area contributed by atoms with Crippen molar-refractivity contribution < 1.29 is 0 Å². The first-order chi connectivity index (χ1) is 15.3. The largest absolute Gasteiger partial charge is 0.155 e. The van der Waals surface area contributed by atoms with Crippen molar-refractivity contribution in [2.75, 3.05) is 0 Å². The number of hydrogen-bond donors (Lipinski definition) is 0. The van der Waals surface area contributed by atoms with Crippen LogP contribution in [-0.4, -0.2) is 10.2 Å². The molecule has 1 saturated carbocycles. The molecule has 1 aromatic heterocycles. The van der Waals surface area contributed by atoms with Gasteiger partial charge < -0.3 is 0 Å². The molecule has 0 radical (unpaired) electrons. The molecule has 0 spiro atoms. The van der Waals surface area contributed by atoms with E-state index < -0.39 is 0 Å². The molecule has 1 aromatic carbocycles. The third-order valence-electron chi connectivity index (χ3n) is 7.28. The first-order valence-corrected chi connectivity index (χ1v) is 13.2. The Morgan fingerprint density at radius 1 is 0.645 bits per heavy atom. The van der Waals surface area contributed by atoms with Gasteiger partial charge >= 0.3 is 0 Å². The lowest BCUT2D eigenvalue weighted by atomic mass is 9.78. The van der Waals surface area contributed by atoms with Gasteiger partial charge in [0.05, 0.1) is 11.4 Å². The molecule has 3 rings (SSSR count). The monoisotopic (exact) mass is 420 g/mol. The fraction of sp³-hybridized carbons (Fsp3) is 0.655. The molecule has 0 bridgehead atoms. The van der Waals surface area contributed by atoms with E-state index >= 15 is 0 Å². The molecule has 31 heavy (non-hydrogen) atoms. The maximum absolute atomic E-state index is 4.55. The molecular formula is C29H44N2. The highest BCUT2D eigenvalue weighted by Gasteiger charge is 2.20. The van der Waals surface area contributed by atoms with E-state index in [1.54, 1.807) is 0 Å². The molecule has 0 atom stereocenters. The van der Waals surface area contributed by atoms with Crippen molar-refractivity contribution in [1.82, 2.24) is 10.2 Å². The van der Waals surface area contributed by atoms with Gasteiger partial charge in [0.1, 0.15) is 0 Å². The standard InChI is InChI=1S/C29H44N2/c1-3-5-7-8-9-11-25-16-19-27(20-17-25)29-23-22-28(30-31-29)21-18-26-14-12-24(13-15-26)10-6-4-2/h16-17,19-20,22-24,26H,3-15,18,21H2,1-2H3. The second-order valence-corrected chi connectivity index (χ2v) is 9.84. The summed E-state index contributed by atoms with van der Waals surface area (Å²) < 4.78 is 0. The van der Waals surface area contributed by atoms with Crippen molar-refractivity contribution in [2.24, 2.45) is 11.8 Å². The Kier molecular flexibility index (Phi) is 10.6. The molecular weight excluding hydrogens is 376 g/mol. The van der Waals surface area contributed by atoms with Crippen molar-refractivity contribution in [3.63, 3.8) is 0 Å². The van der Waals surface area contributed by atoms with Crippen molar-refractivity contribution in [1.29, 1.82) is 0 Å². The lowest BCUT2D eigenvalue weighted by molar-refractivity contribution is 0.249. The van der Waals surface area contributed by atoms with Gasteiger partial charge in [-0.1, -0.05) is 109 Å². The van der Waals surface area contributed by atoms with Gasteiger partial charge in [-0.3, -0.25) is 0 Å². The van der Waals surface area contributed by atoms with E-state index in [9.17, 15) is 0 Å². The van der Waals surface area contributed by atoms with Crippen LogP contribution in [0.4, 0.5) is 0 Å². The van der Waals surface area contributed by atoms with E-state index in [0.717, 1.165) is 29.6 Å². The van der Waals surface area contributed by atoms with Gasteiger partial charge in [-0.15, -0.1) is 0 Å². The predicted octanol–water partition coefficient (Wildman–Crippen LogP) is 8.59. The van der Waals surface area contributed by atoms with E-state index in [2.05, 4.69) is 60.4 Å². The number of aryl methyl sites for hydroxylation is 2. The van der Waals surface area contributed by atoms with Gasteiger partial charge in [0.15, 0.2) is 0 Å². The molecule has 170 valence electrons. The number of benzene rings is 1. The zero-order chi connectivity index (χ0) is 21.7. The lowest BCUT2D eigenvalue weighted by Gasteiger charge is -2.28. The van der Waals surface area contributed by atoms with E-state index in [4.69, 9.17) is 0 Å². The molecule has 1 fully saturated rings. The normalized spacial score (nSPS) is 18.9. The third kappa shape index (κ3) is 8.39. The summed E-state index contributed by atoms with van der Waals surface area (Å²) in [6, 6.07) is 13.3. The predicted molar refractivity (Wildman–Crippen MR) is 133 cm³/mol. The Hall–Kier alpha value is -1.70. The Bertz CT molecular complexity index is 711. The van der Waals surface area contributed by atoms with E-state index in [1.165, 1.54) is 101 Å². The second-order valence-electron chi connectivity index (χ2n) is 9.84. The molecule has 0 aliphatic heterocycles. The summed E-state index contributed by atoms with van der Waals surface area (Å²) in [6.07, 6.45) is 20.2. The van der Waals surface area contributed by atoms with Crippen LogP contribution in [0.1, 0.15) is 109 Å². The summed E-state index contributed by atoms with van der Waals surface area (Å²) in [6.45, 7) is 4.58. The summed E-state index contributed by atoms with van der Waals surface area (Å²) >= 11 is 0. The quantitative estimate of drug-likeness (QED) is 0.303. The van der Waals surface area contributed by atoms with E-state index in [1.807, 2.05) is 0 Å². The summed E-state index contributed by atoms with van der Waals surface area (Å²) in [4.78, 5) is 0. The first kappa shape index (κ1) is 24.0. The average molecular weight is 421 g/mol. The van der Waals surface area contributed by atoms with Crippen LogP contribution in [0.3, 0.4) is 0 Å². The Balaban J connectivity index is 1.40. The number of unbranched alkanes of at least 4 members (excludes halogenated alkanes) is 5. The van der Waals surface area contributed by atoms with Crippen LogP contribution in [0.5, 0.6) is 0 Å². The molecule has 1 heterocycles.